The van der Waals surface area contributed by atoms with Gasteiger partial charge >= 0.3 is 0 Å². The molecule has 0 aliphatic heterocycles. The maximum Gasteiger partial charge on any atom is 0.194 e. The molecular weight excluding hydrogens is 227 g/mol. The third-order valence-electron chi connectivity index (χ3n) is 1.72. The Hall–Kier alpha value is -1.36. The smallest absolute Gasteiger partial charge is 0.194 e. The summed E-state index contributed by atoms with van der Waals surface area (Å²) in [6.07, 6.45) is 0. The lowest BCUT2D eigenvalue weighted by atomic mass is 9.90. The topological polar surface area (TPSA) is 81.7 Å². The third-order valence-corrected chi connectivity index (χ3v) is 2.75. The van der Waals surface area contributed by atoms with Gasteiger partial charge in [-0.3, -0.25) is 9.59 Å². The Bertz CT molecular complexity index is 388. The number of nitriles is 2. The van der Waals surface area contributed by atoms with Gasteiger partial charge < -0.3 is 0 Å². The maximum absolute atomic E-state index is 11.3. The van der Waals surface area contributed by atoms with Crippen LogP contribution in [0.4, 0.5) is 0 Å². The fourth-order valence-electron chi connectivity index (χ4n) is 1.01. The van der Waals surface area contributed by atoms with Gasteiger partial charge in [-0.25, -0.2) is 0 Å². The van der Waals surface area contributed by atoms with Gasteiger partial charge in [-0.15, -0.1) is 23.2 Å². The molecule has 6 heteroatoms. The molecule has 0 saturated heterocycles. The van der Waals surface area contributed by atoms with E-state index in [1.807, 2.05) is 0 Å². The lowest BCUT2D eigenvalue weighted by molar-refractivity contribution is -0.121. The fraction of sp³-hybridized carbons (Fsp3) is 0.250. The van der Waals surface area contributed by atoms with Crippen molar-refractivity contribution >= 4 is 34.8 Å². The largest absolute Gasteiger partial charge is 0.292 e. The molecule has 1 rings (SSSR count). The Morgan fingerprint density at radius 2 is 1.21 bits per heavy atom. The van der Waals surface area contributed by atoms with Crippen molar-refractivity contribution in [2.24, 2.45) is 0 Å². The average molecular weight is 229 g/mol. The predicted octanol–water partition coefficient (Wildman–Crippen LogP) is 0.697. The first-order valence-electron chi connectivity index (χ1n) is 3.45. The average Bonchev–Trinajstić information content (AvgIpc) is 2.20. The van der Waals surface area contributed by atoms with Crippen LogP contribution in [0.5, 0.6) is 0 Å². The summed E-state index contributed by atoms with van der Waals surface area (Å²) in [5.74, 6) is -1.55. The first kappa shape index (κ1) is 10.7. The normalized spacial score (nSPS) is 27.1. The summed E-state index contributed by atoms with van der Waals surface area (Å²) in [7, 11) is 0. The van der Waals surface area contributed by atoms with Gasteiger partial charge in [0, 0.05) is 0 Å². The van der Waals surface area contributed by atoms with E-state index < -0.39 is 33.5 Å². The summed E-state index contributed by atoms with van der Waals surface area (Å²) in [4.78, 5) is 22.6. The number of ketones is 2. The van der Waals surface area contributed by atoms with E-state index in [1.54, 1.807) is 0 Å². The zero-order valence-electron chi connectivity index (χ0n) is 6.62. The molecule has 0 fully saturated rings. The Morgan fingerprint density at radius 3 is 1.43 bits per heavy atom. The lowest BCUT2D eigenvalue weighted by Crippen LogP contribution is -2.39. The minimum Gasteiger partial charge on any atom is -0.292 e. The fourth-order valence-corrected chi connectivity index (χ4v) is 1.46. The van der Waals surface area contributed by atoms with E-state index in [9.17, 15) is 9.59 Å². The zero-order valence-corrected chi connectivity index (χ0v) is 8.13. The molecule has 0 spiro atoms. The van der Waals surface area contributed by atoms with E-state index in [0.29, 0.717) is 0 Å². The minimum absolute atomic E-state index is 0.505. The summed E-state index contributed by atoms with van der Waals surface area (Å²) in [6.45, 7) is 0. The second-order valence-electron chi connectivity index (χ2n) is 2.51. The van der Waals surface area contributed by atoms with E-state index in [-0.39, 0.29) is 0 Å². The molecular formula is C8H2Cl2N2O2. The first-order valence-corrected chi connectivity index (χ1v) is 4.33. The molecule has 2 unspecified atom stereocenters. The van der Waals surface area contributed by atoms with E-state index in [2.05, 4.69) is 0 Å². The molecule has 2 atom stereocenters. The molecule has 0 N–H and O–H groups in total. The molecule has 0 aromatic heterocycles. The Balaban J connectivity index is 3.41. The molecule has 0 bridgehead atoms. The van der Waals surface area contributed by atoms with Crippen LogP contribution in [-0.4, -0.2) is 22.3 Å². The molecule has 1 aliphatic rings. The second-order valence-corrected chi connectivity index (χ2v) is 3.45. The predicted molar refractivity (Wildman–Crippen MR) is 47.5 cm³/mol. The highest BCUT2D eigenvalue weighted by Gasteiger charge is 2.41. The Morgan fingerprint density at radius 1 is 0.929 bits per heavy atom. The van der Waals surface area contributed by atoms with Gasteiger partial charge in [0.15, 0.2) is 11.6 Å². The number of carbonyl (C=O) groups is 2. The van der Waals surface area contributed by atoms with Crippen LogP contribution in [0.1, 0.15) is 0 Å². The van der Waals surface area contributed by atoms with Crippen LogP contribution >= 0.6 is 23.2 Å². The molecule has 0 amide bonds. The van der Waals surface area contributed by atoms with Gasteiger partial charge in [-0.05, 0) is 0 Å². The molecule has 0 aromatic rings. The van der Waals surface area contributed by atoms with E-state index >= 15 is 0 Å². The number of carbonyl (C=O) groups excluding carboxylic acids is 2. The van der Waals surface area contributed by atoms with E-state index in [0.717, 1.165) is 0 Å². The van der Waals surface area contributed by atoms with Crippen molar-refractivity contribution in [2.45, 2.75) is 10.8 Å². The van der Waals surface area contributed by atoms with Gasteiger partial charge in [0.05, 0.1) is 0 Å². The molecule has 1 aliphatic carbocycles. The lowest BCUT2D eigenvalue weighted by Gasteiger charge is -2.18. The highest BCUT2D eigenvalue weighted by Crippen LogP contribution is 2.26. The molecule has 0 radical (unpaired) electrons. The van der Waals surface area contributed by atoms with Crippen molar-refractivity contribution in [3.8, 4) is 12.1 Å². The quantitative estimate of drug-likeness (QED) is 0.572. The summed E-state index contributed by atoms with van der Waals surface area (Å²) < 4.78 is 0. The molecule has 14 heavy (non-hydrogen) atoms. The van der Waals surface area contributed by atoms with Crippen LogP contribution < -0.4 is 0 Å². The van der Waals surface area contributed by atoms with Crippen LogP contribution in [0.15, 0.2) is 11.1 Å². The molecule has 4 nitrogen and oxygen atoms in total. The SMILES string of the molecule is N#CC1=C(C#N)C(=O)C(Cl)C(Cl)C1=O. The van der Waals surface area contributed by atoms with Crippen LogP contribution in [0.25, 0.3) is 0 Å². The number of hydrogen-bond acceptors (Lipinski definition) is 4. The van der Waals surface area contributed by atoms with Crippen LogP contribution in [0.2, 0.25) is 0 Å². The number of rotatable bonds is 0. The van der Waals surface area contributed by atoms with E-state index in [4.69, 9.17) is 33.7 Å². The van der Waals surface area contributed by atoms with Gasteiger partial charge in [-0.2, -0.15) is 10.5 Å². The van der Waals surface area contributed by atoms with Crippen molar-refractivity contribution < 1.29 is 9.59 Å². The highest BCUT2D eigenvalue weighted by molar-refractivity contribution is 6.49. The van der Waals surface area contributed by atoms with Gasteiger partial charge in [0.1, 0.15) is 34.0 Å². The van der Waals surface area contributed by atoms with E-state index in [1.165, 1.54) is 12.1 Å². The number of hydrogen-bond donors (Lipinski definition) is 0. The second kappa shape index (κ2) is 3.79. The Labute approximate surface area is 89.3 Å². The standard InChI is InChI=1S/C8H2Cl2N2O2/c9-5-6(10)8(14)4(2-12)3(1-11)7(5)13/h5-6H. The number of nitrogens with zero attached hydrogens (tertiary/aromatic N) is 2. The zero-order chi connectivity index (χ0) is 10.9. The van der Waals surface area contributed by atoms with Crippen LogP contribution in [0.3, 0.4) is 0 Å². The van der Waals surface area contributed by atoms with Crippen molar-refractivity contribution in [2.75, 3.05) is 0 Å². The molecule has 0 aromatic carbocycles. The van der Waals surface area contributed by atoms with Gasteiger partial charge in [0.2, 0.25) is 0 Å². The van der Waals surface area contributed by atoms with Crippen molar-refractivity contribution in [1.29, 1.82) is 10.5 Å². The molecule has 70 valence electrons. The van der Waals surface area contributed by atoms with Crippen molar-refractivity contribution in [3.63, 3.8) is 0 Å². The van der Waals surface area contributed by atoms with Crippen LogP contribution in [-0.2, 0) is 9.59 Å². The summed E-state index contributed by atoms with van der Waals surface area (Å²) in [5.41, 5.74) is -1.01. The first-order chi connectivity index (χ1) is 6.54. The maximum atomic E-state index is 11.3. The third kappa shape index (κ3) is 1.39. The number of halogens is 2. The number of allylic oxidation sites excluding steroid dienone is 2. The van der Waals surface area contributed by atoms with Crippen molar-refractivity contribution in [1.82, 2.24) is 0 Å². The highest BCUT2D eigenvalue weighted by atomic mass is 35.5. The molecule has 0 heterocycles. The van der Waals surface area contributed by atoms with Crippen molar-refractivity contribution in [3.05, 3.63) is 11.1 Å². The Kier molecular flexibility index (Phi) is 2.90. The van der Waals surface area contributed by atoms with Gasteiger partial charge in [-0.1, -0.05) is 0 Å². The minimum atomic E-state index is -1.27. The van der Waals surface area contributed by atoms with Crippen LogP contribution in [0, 0.1) is 22.7 Å². The van der Waals surface area contributed by atoms with Gasteiger partial charge in [0.25, 0.3) is 0 Å². The number of alkyl halides is 2. The molecule has 0 saturated carbocycles. The summed E-state index contributed by atoms with van der Waals surface area (Å²) in [5, 5.41) is 14.6. The summed E-state index contributed by atoms with van der Waals surface area (Å²) >= 11 is 11.0. The summed E-state index contributed by atoms with van der Waals surface area (Å²) in [6, 6.07) is 2.96. The monoisotopic (exact) mass is 228 g/mol. The number of Topliss-reactive ketones (excluding diaryl/α,β-unsaturated/α-hetero) is 2.